The molecule has 72 valence electrons. The smallest absolute Gasteiger partial charge is 0.175 e. The molecule has 0 saturated heterocycles. The molecule has 1 aromatic rings. The maximum Gasteiger partial charge on any atom is 0.175 e. The first-order valence-electron chi connectivity index (χ1n) is 4.33. The van der Waals surface area contributed by atoms with Crippen LogP contribution in [0.15, 0.2) is 28.6 Å². The lowest BCUT2D eigenvalue weighted by atomic mass is 10.0. The second kappa shape index (κ2) is 4.43. The number of carbonyl (C=O) groups excluding carboxylic acids is 1. The minimum absolute atomic E-state index is 0.145. The molecule has 0 unspecified atom stereocenters. The van der Waals surface area contributed by atoms with Gasteiger partial charge in [0.2, 0.25) is 0 Å². The molecular formula is C11H11NO2. The van der Waals surface area contributed by atoms with Crippen LogP contribution in [-0.4, -0.2) is 5.78 Å². The maximum atomic E-state index is 11.5. The van der Waals surface area contributed by atoms with Gasteiger partial charge in [0.15, 0.2) is 5.78 Å². The fourth-order valence-electron chi connectivity index (χ4n) is 0.993. The minimum atomic E-state index is -0.159. The summed E-state index contributed by atoms with van der Waals surface area (Å²) in [6, 6.07) is 3.59. The average Bonchev–Trinajstić information content (AvgIpc) is 2.65. The second-order valence-electron chi connectivity index (χ2n) is 3.25. The molecule has 0 amide bonds. The Hall–Kier alpha value is -1.82. The molecule has 0 fully saturated rings. The third-order valence-electron chi connectivity index (χ3n) is 1.76. The molecule has 0 aliphatic rings. The summed E-state index contributed by atoms with van der Waals surface area (Å²) in [5.41, 5.74) is 0.900. The monoisotopic (exact) mass is 189 g/mol. The Morgan fingerprint density at radius 2 is 2.36 bits per heavy atom. The Balaban J connectivity index is 2.94. The highest BCUT2D eigenvalue weighted by Gasteiger charge is 2.13. The van der Waals surface area contributed by atoms with Gasteiger partial charge in [0.25, 0.3) is 0 Å². The molecule has 0 bridgehead atoms. The van der Waals surface area contributed by atoms with E-state index in [0.29, 0.717) is 0 Å². The third-order valence-corrected chi connectivity index (χ3v) is 1.76. The normalized spacial score (nSPS) is 11.4. The molecule has 0 aliphatic carbocycles. The van der Waals surface area contributed by atoms with E-state index in [1.165, 1.54) is 18.6 Å². The van der Waals surface area contributed by atoms with Gasteiger partial charge in [0.1, 0.15) is 6.07 Å². The molecule has 3 nitrogen and oxygen atoms in total. The molecule has 14 heavy (non-hydrogen) atoms. The number of allylic oxidation sites excluding steroid dienone is 1. The van der Waals surface area contributed by atoms with Crippen LogP contribution in [0.5, 0.6) is 0 Å². The minimum Gasteiger partial charge on any atom is -0.472 e. The fraction of sp³-hybridized carbons (Fsp3) is 0.273. The van der Waals surface area contributed by atoms with Crippen LogP contribution in [0.3, 0.4) is 0 Å². The molecule has 0 N–H and O–H groups in total. The van der Waals surface area contributed by atoms with Crippen molar-refractivity contribution in [2.45, 2.75) is 13.8 Å². The van der Waals surface area contributed by atoms with Crippen molar-refractivity contribution < 1.29 is 9.21 Å². The van der Waals surface area contributed by atoms with Gasteiger partial charge in [-0.15, -0.1) is 0 Å². The Morgan fingerprint density at radius 1 is 1.64 bits per heavy atom. The van der Waals surface area contributed by atoms with Gasteiger partial charge in [-0.05, 0) is 12.1 Å². The topological polar surface area (TPSA) is 54.0 Å². The summed E-state index contributed by atoms with van der Waals surface area (Å²) >= 11 is 0. The molecule has 0 aromatic carbocycles. The highest BCUT2D eigenvalue weighted by molar-refractivity contribution is 6.04. The zero-order valence-corrected chi connectivity index (χ0v) is 8.15. The first kappa shape index (κ1) is 10.3. The number of Topliss-reactive ketones (excluding diaryl/α,β-unsaturated/α-hetero) is 1. The molecule has 0 radical (unpaired) electrons. The molecule has 0 spiro atoms. The molecular weight excluding hydrogens is 178 g/mol. The van der Waals surface area contributed by atoms with E-state index >= 15 is 0 Å². The van der Waals surface area contributed by atoms with E-state index in [9.17, 15) is 4.79 Å². The van der Waals surface area contributed by atoms with Gasteiger partial charge in [-0.3, -0.25) is 4.79 Å². The Bertz CT molecular complexity index is 380. The molecule has 0 aliphatic heterocycles. The predicted molar refractivity (Wildman–Crippen MR) is 52.1 cm³/mol. The van der Waals surface area contributed by atoms with Crippen LogP contribution in [-0.2, 0) is 4.79 Å². The molecule has 1 aromatic heterocycles. The molecule has 3 heteroatoms. The average molecular weight is 189 g/mol. The van der Waals surface area contributed by atoms with E-state index in [0.717, 1.165) is 5.56 Å². The Labute approximate surface area is 82.6 Å². The van der Waals surface area contributed by atoms with Crippen LogP contribution >= 0.6 is 0 Å². The van der Waals surface area contributed by atoms with Crippen molar-refractivity contribution in [3.05, 3.63) is 29.7 Å². The Morgan fingerprint density at radius 3 is 2.79 bits per heavy atom. The lowest BCUT2D eigenvalue weighted by molar-refractivity contribution is -0.117. The van der Waals surface area contributed by atoms with Gasteiger partial charge in [0.05, 0.1) is 18.1 Å². The first-order valence-corrected chi connectivity index (χ1v) is 4.33. The maximum absolute atomic E-state index is 11.5. The summed E-state index contributed by atoms with van der Waals surface area (Å²) in [7, 11) is 0. The van der Waals surface area contributed by atoms with Crippen LogP contribution in [0, 0.1) is 17.2 Å². The van der Waals surface area contributed by atoms with Gasteiger partial charge in [-0.25, -0.2) is 0 Å². The summed E-state index contributed by atoms with van der Waals surface area (Å²) in [5.74, 6) is -0.304. The zero-order chi connectivity index (χ0) is 10.6. The summed E-state index contributed by atoms with van der Waals surface area (Å²) in [5, 5.41) is 8.77. The van der Waals surface area contributed by atoms with Gasteiger partial charge in [-0.2, -0.15) is 5.26 Å². The quantitative estimate of drug-likeness (QED) is 0.542. The molecule has 1 rings (SSSR count). The lowest BCUT2D eigenvalue weighted by Crippen LogP contribution is -2.08. The number of furan rings is 1. The van der Waals surface area contributed by atoms with Gasteiger partial charge < -0.3 is 4.42 Å². The highest BCUT2D eigenvalue weighted by Crippen LogP contribution is 2.11. The SMILES string of the molecule is CC(C)C(=O)/C(C#N)=C/c1ccoc1. The predicted octanol–water partition coefficient (Wildman–Crippen LogP) is 2.41. The van der Waals surface area contributed by atoms with E-state index in [-0.39, 0.29) is 17.3 Å². The van der Waals surface area contributed by atoms with Crippen molar-refractivity contribution in [1.82, 2.24) is 0 Å². The van der Waals surface area contributed by atoms with Gasteiger partial charge >= 0.3 is 0 Å². The van der Waals surface area contributed by atoms with Crippen LogP contribution in [0.4, 0.5) is 0 Å². The largest absolute Gasteiger partial charge is 0.472 e. The highest BCUT2D eigenvalue weighted by atomic mass is 16.3. The summed E-state index contributed by atoms with van der Waals surface area (Å²) in [6.07, 6.45) is 4.53. The summed E-state index contributed by atoms with van der Waals surface area (Å²) in [4.78, 5) is 11.5. The lowest BCUT2D eigenvalue weighted by Gasteiger charge is -2.00. The third kappa shape index (κ3) is 2.33. The number of rotatable bonds is 3. The summed E-state index contributed by atoms with van der Waals surface area (Å²) in [6.45, 7) is 3.53. The molecule has 1 heterocycles. The van der Waals surface area contributed by atoms with E-state index in [1.54, 1.807) is 19.9 Å². The number of carbonyl (C=O) groups is 1. The van der Waals surface area contributed by atoms with Crippen molar-refractivity contribution in [2.24, 2.45) is 5.92 Å². The van der Waals surface area contributed by atoms with Crippen LogP contribution < -0.4 is 0 Å². The second-order valence-corrected chi connectivity index (χ2v) is 3.25. The van der Waals surface area contributed by atoms with Crippen LogP contribution in [0.1, 0.15) is 19.4 Å². The van der Waals surface area contributed by atoms with Gasteiger partial charge in [0, 0.05) is 11.5 Å². The summed E-state index contributed by atoms with van der Waals surface area (Å²) < 4.78 is 4.83. The van der Waals surface area contributed by atoms with E-state index in [1.807, 2.05) is 6.07 Å². The van der Waals surface area contributed by atoms with Gasteiger partial charge in [-0.1, -0.05) is 13.8 Å². The van der Waals surface area contributed by atoms with Crippen LogP contribution in [0.2, 0.25) is 0 Å². The van der Waals surface area contributed by atoms with Crippen LogP contribution in [0.25, 0.3) is 6.08 Å². The number of hydrogen-bond donors (Lipinski definition) is 0. The molecule has 0 saturated carbocycles. The van der Waals surface area contributed by atoms with Crippen molar-refractivity contribution in [1.29, 1.82) is 5.26 Å². The van der Waals surface area contributed by atoms with E-state index in [2.05, 4.69) is 0 Å². The number of nitriles is 1. The molecule has 0 atom stereocenters. The number of hydrogen-bond acceptors (Lipinski definition) is 3. The van der Waals surface area contributed by atoms with E-state index in [4.69, 9.17) is 9.68 Å². The van der Waals surface area contributed by atoms with Crippen molar-refractivity contribution in [3.63, 3.8) is 0 Å². The van der Waals surface area contributed by atoms with E-state index < -0.39 is 0 Å². The number of ketones is 1. The standard InChI is InChI=1S/C11H11NO2/c1-8(2)11(13)10(6-12)5-9-3-4-14-7-9/h3-5,7-8H,1-2H3/b10-5+. The van der Waals surface area contributed by atoms with Crippen molar-refractivity contribution >= 4 is 11.9 Å². The Kier molecular flexibility index (Phi) is 3.24. The zero-order valence-electron chi connectivity index (χ0n) is 8.15. The number of nitrogens with zero attached hydrogens (tertiary/aromatic N) is 1. The van der Waals surface area contributed by atoms with Crippen molar-refractivity contribution in [3.8, 4) is 6.07 Å². The fourth-order valence-corrected chi connectivity index (χ4v) is 0.993. The first-order chi connectivity index (χ1) is 6.65. The van der Waals surface area contributed by atoms with Crippen molar-refractivity contribution in [2.75, 3.05) is 0 Å².